The number of hydrogen-bond donors (Lipinski definition) is 2. The largest absolute Gasteiger partial charge is 0.446 e. The standard InChI is InChI=1S/C11H14BrN5O/c1-7-6-17(5-4-13-7)11-14-10(15-16-11)8-2-3-9(12)18-8/h2-3,7,13H,4-6H2,1H3,(H,14,15,16). The summed E-state index contributed by atoms with van der Waals surface area (Å²) in [6.07, 6.45) is 0. The topological polar surface area (TPSA) is 70.0 Å². The second-order valence-electron chi connectivity index (χ2n) is 4.39. The Morgan fingerprint density at radius 2 is 2.39 bits per heavy atom. The van der Waals surface area contributed by atoms with Gasteiger partial charge in [-0.25, -0.2) is 0 Å². The smallest absolute Gasteiger partial charge is 0.245 e. The summed E-state index contributed by atoms with van der Waals surface area (Å²) < 4.78 is 6.13. The molecule has 0 radical (unpaired) electrons. The number of furan rings is 1. The van der Waals surface area contributed by atoms with Gasteiger partial charge in [-0.3, -0.25) is 5.10 Å². The molecule has 2 aromatic heterocycles. The number of hydrogen-bond acceptors (Lipinski definition) is 5. The van der Waals surface area contributed by atoms with Crippen molar-refractivity contribution in [2.24, 2.45) is 0 Å². The molecule has 6 nitrogen and oxygen atoms in total. The summed E-state index contributed by atoms with van der Waals surface area (Å²) in [5.74, 6) is 2.07. The first-order valence-electron chi connectivity index (χ1n) is 5.89. The zero-order valence-corrected chi connectivity index (χ0v) is 11.6. The third kappa shape index (κ3) is 2.28. The highest BCUT2D eigenvalue weighted by Gasteiger charge is 2.20. The molecule has 18 heavy (non-hydrogen) atoms. The number of H-pyrrole nitrogens is 1. The first-order chi connectivity index (χ1) is 8.72. The van der Waals surface area contributed by atoms with Gasteiger partial charge in [-0.2, -0.15) is 4.98 Å². The fourth-order valence-corrected chi connectivity index (χ4v) is 2.37. The molecule has 0 saturated carbocycles. The molecule has 0 aromatic carbocycles. The molecule has 1 unspecified atom stereocenters. The Morgan fingerprint density at radius 1 is 1.50 bits per heavy atom. The number of nitrogens with one attached hydrogen (secondary N) is 2. The van der Waals surface area contributed by atoms with Gasteiger partial charge in [-0.15, -0.1) is 5.10 Å². The van der Waals surface area contributed by atoms with Gasteiger partial charge in [-0.05, 0) is 35.0 Å². The molecule has 2 aromatic rings. The van der Waals surface area contributed by atoms with Crippen LogP contribution in [0, 0.1) is 0 Å². The summed E-state index contributed by atoms with van der Waals surface area (Å²) in [5, 5.41) is 10.5. The number of nitrogens with zero attached hydrogens (tertiary/aromatic N) is 3. The van der Waals surface area contributed by atoms with Crippen molar-refractivity contribution in [3.8, 4) is 11.6 Å². The Labute approximate surface area is 113 Å². The van der Waals surface area contributed by atoms with E-state index in [4.69, 9.17) is 4.42 Å². The van der Waals surface area contributed by atoms with E-state index in [1.165, 1.54) is 0 Å². The average Bonchev–Trinajstić information content (AvgIpc) is 2.97. The Morgan fingerprint density at radius 3 is 3.11 bits per heavy atom. The second-order valence-corrected chi connectivity index (χ2v) is 5.17. The van der Waals surface area contributed by atoms with Crippen molar-refractivity contribution in [1.82, 2.24) is 20.5 Å². The molecule has 3 heterocycles. The van der Waals surface area contributed by atoms with Crippen LogP contribution in [0.1, 0.15) is 6.92 Å². The second kappa shape index (κ2) is 4.74. The summed E-state index contributed by atoms with van der Waals surface area (Å²) in [7, 11) is 0. The molecular weight excluding hydrogens is 298 g/mol. The van der Waals surface area contributed by atoms with E-state index in [0.717, 1.165) is 25.6 Å². The average molecular weight is 312 g/mol. The Kier molecular flexibility index (Phi) is 3.09. The van der Waals surface area contributed by atoms with Crippen molar-refractivity contribution >= 4 is 21.9 Å². The molecular formula is C11H14BrN5O. The van der Waals surface area contributed by atoms with Gasteiger partial charge in [-0.1, -0.05) is 0 Å². The third-order valence-electron chi connectivity index (χ3n) is 2.93. The van der Waals surface area contributed by atoms with Gasteiger partial charge in [0, 0.05) is 25.7 Å². The Balaban J connectivity index is 1.80. The molecule has 0 amide bonds. The number of halogens is 1. The summed E-state index contributed by atoms with van der Waals surface area (Å²) >= 11 is 3.27. The van der Waals surface area contributed by atoms with Crippen LogP contribution in [0.15, 0.2) is 21.2 Å². The molecule has 0 bridgehead atoms. The van der Waals surface area contributed by atoms with E-state index in [1.807, 2.05) is 12.1 Å². The van der Waals surface area contributed by atoms with Crippen molar-refractivity contribution in [2.45, 2.75) is 13.0 Å². The molecule has 0 aliphatic carbocycles. The SMILES string of the molecule is CC1CN(c2n[nH]c(-c3ccc(Br)o3)n2)CCN1. The molecule has 96 valence electrons. The zero-order chi connectivity index (χ0) is 12.5. The number of rotatable bonds is 2. The predicted octanol–water partition coefficient (Wildman–Crippen LogP) is 1.63. The quantitative estimate of drug-likeness (QED) is 0.882. The molecule has 1 aliphatic heterocycles. The molecule has 1 fully saturated rings. The molecule has 3 rings (SSSR count). The number of aromatic nitrogens is 3. The fourth-order valence-electron chi connectivity index (χ4n) is 2.06. The van der Waals surface area contributed by atoms with Gasteiger partial charge in [0.15, 0.2) is 16.3 Å². The third-order valence-corrected chi connectivity index (χ3v) is 3.36. The lowest BCUT2D eigenvalue weighted by Gasteiger charge is -2.30. The predicted molar refractivity (Wildman–Crippen MR) is 71.5 cm³/mol. The van der Waals surface area contributed by atoms with Crippen molar-refractivity contribution in [3.05, 3.63) is 16.8 Å². The van der Waals surface area contributed by atoms with Crippen LogP contribution in [-0.2, 0) is 0 Å². The van der Waals surface area contributed by atoms with Crippen LogP contribution in [-0.4, -0.2) is 40.9 Å². The summed E-state index contributed by atoms with van der Waals surface area (Å²) in [5.41, 5.74) is 0. The lowest BCUT2D eigenvalue weighted by atomic mass is 10.2. The first kappa shape index (κ1) is 11.7. The number of aromatic amines is 1. The van der Waals surface area contributed by atoms with Crippen molar-refractivity contribution in [3.63, 3.8) is 0 Å². The van der Waals surface area contributed by atoms with E-state index < -0.39 is 0 Å². The van der Waals surface area contributed by atoms with E-state index in [1.54, 1.807) is 0 Å². The van der Waals surface area contributed by atoms with Gasteiger partial charge >= 0.3 is 0 Å². The van der Waals surface area contributed by atoms with Crippen LogP contribution < -0.4 is 10.2 Å². The lowest BCUT2D eigenvalue weighted by Crippen LogP contribution is -2.49. The van der Waals surface area contributed by atoms with Crippen molar-refractivity contribution in [1.29, 1.82) is 0 Å². The maximum absolute atomic E-state index is 5.44. The monoisotopic (exact) mass is 311 g/mol. The molecule has 7 heteroatoms. The highest BCUT2D eigenvalue weighted by atomic mass is 79.9. The molecule has 1 aliphatic rings. The van der Waals surface area contributed by atoms with Crippen LogP contribution in [0.3, 0.4) is 0 Å². The van der Waals surface area contributed by atoms with Gasteiger partial charge in [0.05, 0.1) is 0 Å². The fraction of sp³-hybridized carbons (Fsp3) is 0.455. The first-order valence-corrected chi connectivity index (χ1v) is 6.68. The number of piperazine rings is 1. The van der Waals surface area contributed by atoms with E-state index in [2.05, 4.69) is 48.3 Å². The van der Waals surface area contributed by atoms with Crippen LogP contribution in [0.25, 0.3) is 11.6 Å². The highest BCUT2D eigenvalue weighted by Crippen LogP contribution is 2.23. The Hall–Kier alpha value is -1.34. The summed E-state index contributed by atoms with van der Waals surface area (Å²) in [4.78, 5) is 6.63. The Bertz CT molecular complexity index is 537. The van der Waals surface area contributed by atoms with Gasteiger partial charge < -0.3 is 14.6 Å². The van der Waals surface area contributed by atoms with E-state index in [9.17, 15) is 0 Å². The van der Waals surface area contributed by atoms with Crippen LogP contribution >= 0.6 is 15.9 Å². The van der Waals surface area contributed by atoms with E-state index in [0.29, 0.717) is 22.3 Å². The number of anilines is 1. The maximum atomic E-state index is 5.44. The normalized spacial score (nSPS) is 20.3. The van der Waals surface area contributed by atoms with E-state index in [-0.39, 0.29) is 0 Å². The van der Waals surface area contributed by atoms with Crippen LogP contribution in [0.4, 0.5) is 5.95 Å². The minimum Gasteiger partial charge on any atom is -0.446 e. The van der Waals surface area contributed by atoms with Gasteiger partial charge in [0.1, 0.15) is 0 Å². The lowest BCUT2D eigenvalue weighted by molar-refractivity contribution is 0.480. The summed E-state index contributed by atoms with van der Waals surface area (Å²) in [6.45, 7) is 4.95. The molecule has 1 atom stereocenters. The minimum absolute atomic E-state index is 0.457. The highest BCUT2D eigenvalue weighted by molar-refractivity contribution is 9.10. The minimum atomic E-state index is 0.457. The van der Waals surface area contributed by atoms with E-state index >= 15 is 0 Å². The van der Waals surface area contributed by atoms with Crippen molar-refractivity contribution in [2.75, 3.05) is 24.5 Å². The van der Waals surface area contributed by atoms with Gasteiger partial charge in [0.25, 0.3) is 0 Å². The molecule has 2 N–H and O–H groups in total. The van der Waals surface area contributed by atoms with Crippen molar-refractivity contribution < 1.29 is 4.42 Å². The molecule has 1 saturated heterocycles. The molecule has 0 spiro atoms. The van der Waals surface area contributed by atoms with Crippen LogP contribution in [0.5, 0.6) is 0 Å². The summed E-state index contributed by atoms with van der Waals surface area (Å²) in [6, 6.07) is 4.15. The van der Waals surface area contributed by atoms with Crippen LogP contribution in [0.2, 0.25) is 0 Å². The maximum Gasteiger partial charge on any atom is 0.245 e. The zero-order valence-electron chi connectivity index (χ0n) is 9.98. The van der Waals surface area contributed by atoms with Gasteiger partial charge in [0.2, 0.25) is 5.95 Å².